The fourth-order valence-electron chi connectivity index (χ4n) is 8.63. The molecule has 58 heavy (non-hydrogen) atoms. The second kappa shape index (κ2) is 14.1. The monoisotopic (exact) mass is 739 g/mol. The summed E-state index contributed by atoms with van der Waals surface area (Å²) in [6.07, 6.45) is 0. The Hall–Kier alpha value is -7.68. The molecular weight excluding hydrogens is 703 g/mol. The highest BCUT2D eigenvalue weighted by atomic mass is 16.3. The zero-order valence-corrected chi connectivity index (χ0v) is 31.7. The SMILES string of the molecule is c1ccc(-c2ccc(-c3ccc(N(c4cccc(-c5cccc6ccccc56)c4)c4cccc(-c5cccc6oc7c8ccccc8ccc7c56)c4)cc3)cc2)cc1. The maximum Gasteiger partial charge on any atom is 0.143 e. The minimum atomic E-state index is 0.890. The van der Waals surface area contributed by atoms with Gasteiger partial charge in [-0.15, -0.1) is 0 Å². The first kappa shape index (κ1) is 33.6. The van der Waals surface area contributed by atoms with Gasteiger partial charge >= 0.3 is 0 Å². The molecule has 0 aliphatic rings. The second-order valence-electron chi connectivity index (χ2n) is 14.9. The van der Waals surface area contributed by atoms with Gasteiger partial charge in [0.25, 0.3) is 0 Å². The van der Waals surface area contributed by atoms with E-state index in [1.165, 1.54) is 49.5 Å². The normalized spacial score (nSPS) is 11.4. The fourth-order valence-corrected chi connectivity index (χ4v) is 8.63. The van der Waals surface area contributed by atoms with Crippen molar-refractivity contribution in [2.75, 3.05) is 4.90 Å². The lowest BCUT2D eigenvalue weighted by Gasteiger charge is -2.27. The number of benzene rings is 10. The number of rotatable bonds is 7. The van der Waals surface area contributed by atoms with E-state index in [1.54, 1.807) is 0 Å². The van der Waals surface area contributed by atoms with Crippen molar-refractivity contribution < 1.29 is 4.42 Å². The van der Waals surface area contributed by atoms with Crippen LogP contribution >= 0.6 is 0 Å². The van der Waals surface area contributed by atoms with Gasteiger partial charge in [-0.1, -0.05) is 176 Å². The Kier molecular flexibility index (Phi) is 8.19. The van der Waals surface area contributed by atoms with Gasteiger partial charge in [0, 0.05) is 33.2 Å². The maximum atomic E-state index is 6.60. The molecule has 0 spiro atoms. The Labute approximate surface area is 337 Å². The molecule has 0 N–H and O–H groups in total. The molecule has 0 atom stereocenters. The standard InChI is InChI=1S/C56H37NO/c1-2-12-38(13-3-1)39-26-28-40(29-27-39)41-30-33-46(34-31-41)57(47-19-8-17-44(36-47)50-23-10-16-42-14-4-6-21-49(42)50)48-20-9-18-45(37-48)51-24-11-25-54-55(51)53-35-32-43-15-5-7-22-52(43)56(53)58-54/h1-37H. The van der Waals surface area contributed by atoms with E-state index in [0.717, 1.165) is 55.5 Å². The predicted molar refractivity (Wildman–Crippen MR) is 245 cm³/mol. The molecule has 0 fully saturated rings. The third-order valence-corrected chi connectivity index (χ3v) is 11.5. The van der Waals surface area contributed by atoms with E-state index in [9.17, 15) is 0 Å². The largest absolute Gasteiger partial charge is 0.455 e. The summed E-state index contributed by atoms with van der Waals surface area (Å²) < 4.78 is 6.60. The molecule has 11 aromatic rings. The van der Waals surface area contributed by atoms with Crippen LogP contribution in [-0.2, 0) is 0 Å². The Bertz CT molecular complexity index is 3260. The van der Waals surface area contributed by atoms with Crippen LogP contribution in [0.4, 0.5) is 17.1 Å². The molecule has 0 saturated carbocycles. The van der Waals surface area contributed by atoms with Crippen LogP contribution in [0.3, 0.4) is 0 Å². The molecule has 10 aromatic carbocycles. The summed E-state index contributed by atoms with van der Waals surface area (Å²) >= 11 is 0. The fraction of sp³-hybridized carbons (Fsp3) is 0. The van der Waals surface area contributed by atoms with E-state index >= 15 is 0 Å². The van der Waals surface area contributed by atoms with E-state index < -0.39 is 0 Å². The van der Waals surface area contributed by atoms with Crippen LogP contribution in [0.25, 0.3) is 88.0 Å². The molecule has 1 aromatic heterocycles. The summed E-state index contributed by atoms with van der Waals surface area (Å²) in [7, 11) is 0. The van der Waals surface area contributed by atoms with Crippen molar-refractivity contribution in [3.8, 4) is 44.5 Å². The molecular formula is C56H37NO. The highest BCUT2D eigenvalue weighted by Crippen LogP contribution is 2.43. The van der Waals surface area contributed by atoms with Gasteiger partial charge in [0.1, 0.15) is 11.2 Å². The van der Waals surface area contributed by atoms with Crippen molar-refractivity contribution in [2.24, 2.45) is 0 Å². The number of hydrogen-bond acceptors (Lipinski definition) is 2. The number of fused-ring (bicyclic) bond motifs is 6. The smallest absolute Gasteiger partial charge is 0.143 e. The molecule has 0 aliphatic heterocycles. The lowest BCUT2D eigenvalue weighted by molar-refractivity contribution is 0.673. The van der Waals surface area contributed by atoms with E-state index in [0.29, 0.717) is 0 Å². The van der Waals surface area contributed by atoms with Crippen LogP contribution < -0.4 is 4.90 Å². The minimum absolute atomic E-state index is 0.890. The van der Waals surface area contributed by atoms with Gasteiger partial charge in [-0.05, 0) is 109 Å². The van der Waals surface area contributed by atoms with Crippen molar-refractivity contribution in [3.63, 3.8) is 0 Å². The molecule has 0 saturated heterocycles. The molecule has 2 heteroatoms. The van der Waals surface area contributed by atoms with Crippen molar-refractivity contribution >= 4 is 60.5 Å². The quantitative estimate of drug-likeness (QED) is 0.162. The average molecular weight is 740 g/mol. The van der Waals surface area contributed by atoms with Crippen LogP contribution in [-0.4, -0.2) is 0 Å². The third kappa shape index (κ3) is 5.91. The topological polar surface area (TPSA) is 16.4 Å². The first-order chi connectivity index (χ1) is 28.7. The Balaban J connectivity index is 1.04. The highest BCUT2D eigenvalue weighted by Gasteiger charge is 2.18. The summed E-state index contributed by atoms with van der Waals surface area (Å²) in [6, 6.07) is 80.6. The Morgan fingerprint density at radius 2 is 0.793 bits per heavy atom. The summed E-state index contributed by atoms with van der Waals surface area (Å²) in [5.74, 6) is 0. The molecule has 2 nitrogen and oxygen atoms in total. The molecule has 0 amide bonds. The third-order valence-electron chi connectivity index (χ3n) is 11.5. The van der Waals surface area contributed by atoms with Crippen LogP contribution in [0.2, 0.25) is 0 Å². The maximum absolute atomic E-state index is 6.60. The number of furan rings is 1. The molecule has 0 bridgehead atoms. The predicted octanol–water partition coefficient (Wildman–Crippen LogP) is 16.0. The van der Waals surface area contributed by atoms with Gasteiger partial charge in [-0.25, -0.2) is 0 Å². The highest BCUT2D eigenvalue weighted by molar-refractivity contribution is 6.19. The molecule has 11 rings (SSSR count). The molecule has 0 unspecified atom stereocenters. The molecule has 0 aliphatic carbocycles. The summed E-state index contributed by atoms with van der Waals surface area (Å²) in [6.45, 7) is 0. The molecule has 1 heterocycles. The van der Waals surface area contributed by atoms with Gasteiger partial charge in [-0.3, -0.25) is 0 Å². The minimum Gasteiger partial charge on any atom is -0.455 e. The van der Waals surface area contributed by atoms with Crippen molar-refractivity contribution in [3.05, 3.63) is 224 Å². The summed E-state index contributed by atoms with van der Waals surface area (Å²) in [5, 5.41) is 7.04. The second-order valence-corrected chi connectivity index (χ2v) is 14.9. The molecule has 0 radical (unpaired) electrons. The number of hydrogen-bond donors (Lipinski definition) is 0. The van der Waals surface area contributed by atoms with Crippen LogP contribution in [0.1, 0.15) is 0 Å². The first-order valence-corrected chi connectivity index (χ1v) is 19.8. The van der Waals surface area contributed by atoms with Gasteiger partial charge < -0.3 is 9.32 Å². The summed E-state index contributed by atoms with van der Waals surface area (Å²) in [4.78, 5) is 2.38. The van der Waals surface area contributed by atoms with Crippen molar-refractivity contribution in [1.82, 2.24) is 0 Å². The zero-order chi connectivity index (χ0) is 38.4. The molecule has 272 valence electrons. The van der Waals surface area contributed by atoms with E-state index in [4.69, 9.17) is 4.42 Å². The van der Waals surface area contributed by atoms with E-state index in [1.807, 2.05) is 0 Å². The Morgan fingerprint density at radius 3 is 1.50 bits per heavy atom. The van der Waals surface area contributed by atoms with E-state index in [2.05, 4.69) is 229 Å². The van der Waals surface area contributed by atoms with Gasteiger partial charge in [0.2, 0.25) is 0 Å². The Morgan fingerprint density at radius 1 is 0.293 bits per heavy atom. The van der Waals surface area contributed by atoms with E-state index in [-0.39, 0.29) is 0 Å². The lowest BCUT2D eigenvalue weighted by atomic mass is 9.96. The number of anilines is 3. The van der Waals surface area contributed by atoms with Gasteiger partial charge in [0.05, 0.1) is 0 Å². The number of nitrogens with zero attached hydrogens (tertiary/aromatic N) is 1. The first-order valence-electron chi connectivity index (χ1n) is 19.8. The summed E-state index contributed by atoms with van der Waals surface area (Å²) in [5.41, 5.74) is 14.5. The zero-order valence-electron chi connectivity index (χ0n) is 31.7. The average Bonchev–Trinajstić information content (AvgIpc) is 3.70. The van der Waals surface area contributed by atoms with Crippen LogP contribution in [0, 0.1) is 0 Å². The van der Waals surface area contributed by atoms with Crippen LogP contribution in [0.15, 0.2) is 229 Å². The van der Waals surface area contributed by atoms with Gasteiger partial charge in [-0.2, -0.15) is 0 Å². The van der Waals surface area contributed by atoms with Gasteiger partial charge in [0.15, 0.2) is 0 Å². The van der Waals surface area contributed by atoms with Crippen molar-refractivity contribution in [1.29, 1.82) is 0 Å². The lowest BCUT2D eigenvalue weighted by Crippen LogP contribution is -2.10. The van der Waals surface area contributed by atoms with Crippen LogP contribution in [0.5, 0.6) is 0 Å². The van der Waals surface area contributed by atoms with Crippen molar-refractivity contribution in [2.45, 2.75) is 0 Å².